The van der Waals surface area contributed by atoms with E-state index < -0.39 is 0 Å². The van der Waals surface area contributed by atoms with Crippen LogP contribution in [0.1, 0.15) is 25.7 Å². The van der Waals surface area contributed by atoms with Crippen LogP contribution in [0.5, 0.6) is 0 Å². The quantitative estimate of drug-likeness (QED) is 0.776. The van der Waals surface area contributed by atoms with E-state index in [0.29, 0.717) is 0 Å². The number of urea groups is 2. The van der Waals surface area contributed by atoms with Crippen molar-refractivity contribution >= 4 is 35.6 Å². The van der Waals surface area contributed by atoms with Crippen molar-refractivity contribution in [1.29, 1.82) is 0 Å². The van der Waals surface area contributed by atoms with E-state index in [4.69, 9.17) is 0 Å². The molecule has 136 valence electrons. The number of carbonyl (C=O) groups excluding carboxylic acids is 2. The van der Waals surface area contributed by atoms with Crippen molar-refractivity contribution in [1.82, 2.24) is 20.4 Å². The van der Waals surface area contributed by atoms with Gasteiger partial charge in [-0.05, 0) is 25.7 Å². The number of amides is 4. The summed E-state index contributed by atoms with van der Waals surface area (Å²) in [5.74, 6) is 4.17. The first-order chi connectivity index (χ1) is 11.7. The Balaban J connectivity index is 1.36. The van der Waals surface area contributed by atoms with Crippen LogP contribution in [0.3, 0.4) is 0 Å². The second-order valence-corrected chi connectivity index (χ2v) is 9.10. The molecule has 0 unspecified atom stereocenters. The largest absolute Gasteiger partial charge is 0.335 e. The molecule has 0 spiro atoms. The molecule has 24 heavy (non-hydrogen) atoms. The Morgan fingerprint density at radius 3 is 1.33 bits per heavy atom. The lowest BCUT2D eigenvalue weighted by atomic mass is 9.91. The molecule has 2 saturated heterocycles. The van der Waals surface area contributed by atoms with Gasteiger partial charge in [0.05, 0.1) is 0 Å². The predicted molar refractivity (Wildman–Crippen MR) is 101 cm³/mol. The summed E-state index contributed by atoms with van der Waals surface area (Å²) in [4.78, 5) is 28.4. The van der Waals surface area contributed by atoms with Crippen LogP contribution >= 0.6 is 23.5 Å². The van der Waals surface area contributed by atoms with Crippen LogP contribution < -0.4 is 10.6 Å². The summed E-state index contributed by atoms with van der Waals surface area (Å²) in [6.45, 7) is 3.43. The Bertz CT molecular complexity index is 392. The maximum atomic E-state index is 12.3. The summed E-state index contributed by atoms with van der Waals surface area (Å²) in [6, 6.07) is 0.695. The molecule has 0 bridgehead atoms. The first-order valence-electron chi connectivity index (χ1n) is 8.99. The van der Waals surface area contributed by atoms with Gasteiger partial charge < -0.3 is 20.4 Å². The van der Waals surface area contributed by atoms with E-state index in [-0.39, 0.29) is 24.1 Å². The molecule has 3 aliphatic rings. The van der Waals surface area contributed by atoms with Crippen LogP contribution in [0.2, 0.25) is 0 Å². The Morgan fingerprint density at radius 2 is 1.00 bits per heavy atom. The molecule has 2 N–H and O–H groups in total. The van der Waals surface area contributed by atoms with Crippen molar-refractivity contribution in [3.05, 3.63) is 0 Å². The molecule has 0 aromatic carbocycles. The molecule has 1 saturated carbocycles. The first kappa shape index (κ1) is 18.0. The van der Waals surface area contributed by atoms with Crippen molar-refractivity contribution in [3.63, 3.8) is 0 Å². The summed E-state index contributed by atoms with van der Waals surface area (Å²) in [7, 11) is 0. The smallest absolute Gasteiger partial charge is 0.317 e. The van der Waals surface area contributed by atoms with Crippen molar-refractivity contribution in [2.45, 2.75) is 37.8 Å². The molecule has 3 rings (SSSR count). The molecule has 0 aromatic heterocycles. The molecule has 1 aliphatic carbocycles. The number of thioether (sulfide) groups is 2. The SMILES string of the molecule is O=C(NC1CCC(NC(=O)N2CCSCC2)CC1)N1CCSCC1. The lowest BCUT2D eigenvalue weighted by molar-refractivity contribution is 0.185. The normalized spacial score (nSPS) is 28.3. The van der Waals surface area contributed by atoms with Gasteiger partial charge >= 0.3 is 12.1 Å². The van der Waals surface area contributed by atoms with Gasteiger partial charge in [0.2, 0.25) is 0 Å². The third-order valence-electron chi connectivity index (χ3n) is 4.98. The zero-order valence-electron chi connectivity index (χ0n) is 14.2. The monoisotopic (exact) mass is 372 g/mol. The average Bonchev–Trinajstić information content (AvgIpc) is 2.65. The van der Waals surface area contributed by atoms with Gasteiger partial charge in [-0.2, -0.15) is 23.5 Å². The van der Waals surface area contributed by atoms with E-state index in [0.717, 1.165) is 74.9 Å². The van der Waals surface area contributed by atoms with Gasteiger partial charge in [0.25, 0.3) is 0 Å². The number of nitrogens with zero attached hydrogens (tertiary/aromatic N) is 2. The zero-order valence-corrected chi connectivity index (χ0v) is 15.8. The van der Waals surface area contributed by atoms with Gasteiger partial charge in [-0.1, -0.05) is 0 Å². The molecular formula is C16H28N4O2S2. The Labute approximate surface area is 152 Å². The van der Waals surface area contributed by atoms with Gasteiger partial charge in [-0.25, -0.2) is 9.59 Å². The third kappa shape index (κ3) is 5.12. The summed E-state index contributed by atoms with van der Waals surface area (Å²) >= 11 is 3.83. The summed E-state index contributed by atoms with van der Waals surface area (Å²) < 4.78 is 0. The maximum Gasteiger partial charge on any atom is 0.317 e. The van der Waals surface area contributed by atoms with E-state index in [1.54, 1.807) is 0 Å². The Morgan fingerprint density at radius 1 is 0.667 bits per heavy atom. The Kier molecular flexibility index (Phi) is 6.83. The number of rotatable bonds is 2. The zero-order chi connectivity index (χ0) is 16.8. The molecule has 0 radical (unpaired) electrons. The van der Waals surface area contributed by atoms with E-state index in [1.807, 2.05) is 33.3 Å². The number of nitrogens with one attached hydrogen (secondary N) is 2. The second kappa shape index (κ2) is 9.08. The van der Waals surface area contributed by atoms with Crippen molar-refractivity contribution < 1.29 is 9.59 Å². The van der Waals surface area contributed by atoms with E-state index in [9.17, 15) is 9.59 Å². The molecule has 2 aliphatic heterocycles. The summed E-state index contributed by atoms with van der Waals surface area (Å²) in [5, 5.41) is 6.36. The third-order valence-corrected chi connectivity index (χ3v) is 6.86. The fourth-order valence-corrected chi connectivity index (χ4v) is 5.25. The first-order valence-corrected chi connectivity index (χ1v) is 11.3. The van der Waals surface area contributed by atoms with Crippen LogP contribution in [0.15, 0.2) is 0 Å². The molecule has 0 atom stereocenters. The fraction of sp³-hybridized carbons (Fsp3) is 0.875. The van der Waals surface area contributed by atoms with Crippen molar-refractivity contribution in [2.75, 3.05) is 49.2 Å². The van der Waals surface area contributed by atoms with E-state index >= 15 is 0 Å². The van der Waals surface area contributed by atoms with Gasteiger partial charge in [0, 0.05) is 61.3 Å². The van der Waals surface area contributed by atoms with Gasteiger partial charge in [0.15, 0.2) is 0 Å². The van der Waals surface area contributed by atoms with Crippen LogP contribution in [0.4, 0.5) is 9.59 Å². The minimum atomic E-state index is 0.0913. The average molecular weight is 373 g/mol. The Hall–Kier alpha value is -0.760. The van der Waals surface area contributed by atoms with Crippen LogP contribution in [-0.4, -0.2) is 83.1 Å². The van der Waals surface area contributed by atoms with E-state index in [1.165, 1.54) is 0 Å². The van der Waals surface area contributed by atoms with Crippen LogP contribution in [0, 0.1) is 0 Å². The topological polar surface area (TPSA) is 64.7 Å². The minimum absolute atomic E-state index is 0.0913. The van der Waals surface area contributed by atoms with Gasteiger partial charge in [-0.3, -0.25) is 0 Å². The minimum Gasteiger partial charge on any atom is -0.335 e. The standard InChI is InChI=1S/C16H28N4O2S2/c21-15(19-5-9-23-10-6-19)17-13-1-2-14(4-3-13)18-16(22)20-7-11-24-12-8-20/h13-14H,1-12H2,(H,17,21)(H,18,22). The molecule has 6 nitrogen and oxygen atoms in total. The molecule has 8 heteroatoms. The lowest BCUT2D eigenvalue weighted by Crippen LogP contribution is -2.52. The van der Waals surface area contributed by atoms with E-state index in [2.05, 4.69) is 10.6 Å². The predicted octanol–water partition coefficient (Wildman–Crippen LogP) is 1.81. The highest BCUT2D eigenvalue weighted by Crippen LogP contribution is 2.20. The summed E-state index contributed by atoms with van der Waals surface area (Å²) in [6.07, 6.45) is 3.81. The van der Waals surface area contributed by atoms with Crippen molar-refractivity contribution in [3.8, 4) is 0 Å². The molecule has 3 fully saturated rings. The highest BCUT2D eigenvalue weighted by Gasteiger charge is 2.27. The van der Waals surface area contributed by atoms with Crippen LogP contribution in [0.25, 0.3) is 0 Å². The number of carbonyl (C=O) groups is 2. The molecule has 4 amide bonds. The van der Waals surface area contributed by atoms with Gasteiger partial charge in [0.1, 0.15) is 0 Å². The fourth-order valence-electron chi connectivity index (χ4n) is 3.45. The highest BCUT2D eigenvalue weighted by molar-refractivity contribution is 7.99. The van der Waals surface area contributed by atoms with Crippen molar-refractivity contribution in [2.24, 2.45) is 0 Å². The van der Waals surface area contributed by atoms with Crippen LogP contribution in [-0.2, 0) is 0 Å². The second-order valence-electron chi connectivity index (χ2n) is 6.65. The molecule has 0 aromatic rings. The summed E-state index contributed by atoms with van der Waals surface area (Å²) in [5.41, 5.74) is 0. The molecule has 2 heterocycles. The maximum absolute atomic E-state index is 12.3. The molecular weight excluding hydrogens is 344 g/mol. The highest BCUT2D eigenvalue weighted by atomic mass is 32.2. The number of hydrogen-bond acceptors (Lipinski definition) is 4. The lowest BCUT2D eigenvalue weighted by Gasteiger charge is -2.34. The van der Waals surface area contributed by atoms with Gasteiger partial charge in [-0.15, -0.1) is 0 Å². The number of hydrogen-bond donors (Lipinski definition) is 2.